The molecule has 3 aromatic heterocycles. The lowest BCUT2D eigenvalue weighted by molar-refractivity contribution is -0.131. The predicted molar refractivity (Wildman–Crippen MR) is 202 cm³/mol. The zero-order valence-electron chi connectivity index (χ0n) is 31.4. The number of amides is 1. The molecule has 1 fully saturated rings. The van der Waals surface area contributed by atoms with Gasteiger partial charge in [0.2, 0.25) is 5.91 Å². The van der Waals surface area contributed by atoms with E-state index in [0.29, 0.717) is 172 Å². The van der Waals surface area contributed by atoms with Gasteiger partial charge in [-0.3, -0.25) is 4.79 Å². The van der Waals surface area contributed by atoms with Crippen molar-refractivity contribution >= 4 is 39.9 Å². The zero-order chi connectivity index (χ0) is 38.5. The van der Waals surface area contributed by atoms with E-state index in [9.17, 15) is 4.79 Å². The molecule has 19 heteroatoms. The number of rotatable bonds is 29. The van der Waals surface area contributed by atoms with Crippen molar-refractivity contribution in [1.29, 1.82) is 0 Å². The zero-order valence-corrected chi connectivity index (χ0v) is 31.4. The van der Waals surface area contributed by atoms with E-state index in [1.165, 1.54) is 6.33 Å². The Hall–Kier alpha value is -4.05. The number of likely N-dealkylation sites (tertiary alicyclic amines) is 1. The molecule has 19 nitrogen and oxygen atoms in total. The summed E-state index contributed by atoms with van der Waals surface area (Å²) in [5, 5.41) is 5.56. The summed E-state index contributed by atoms with van der Waals surface area (Å²) >= 11 is 0. The molecule has 55 heavy (non-hydrogen) atoms. The van der Waals surface area contributed by atoms with Gasteiger partial charge in [0.15, 0.2) is 11.2 Å². The van der Waals surface area contributed by atoms with E-state index in [2.05, 4.69) is 15.0 Å². The molecule has 0 spiro atoms. The highest BCUT2D eigenvalue weighted by atomic mass is 16.6. The minimum atomic E-state index is 0.0656. The van der Waals surface area contributed by atoms with Crippen molar-refractivity contribution in [3.05, 3.63) is 24.5 Å². The third-order valence-electron chi connectivity index (χ3n) is 8.63. The molecule has 1 amide bonds. The molecule has 0 bridgehead atoms. The van der Waals surface area contributed by atoms with E-state index in [-0.39, 0.29) is 17.8 Å². The number of carbonyl (C=O) groups excluding carboxylic acids is 1. The number of benzene rings is 1. The number of nitrogen functional groups attached to an aromatic ring is 2. The Morgan fingerprint density at radius 2 is 1.33 bits per heavy atom. The topological polar surface area (TPSA) is 242 Å². The second-order valence-electron chi connectivity index (χ2n) is 12.7. The van der Waals surface area contributed by atoms with Crippen LogP contribution in [0.25, 0.3) is 33.4 Å². The summed E-state index contributed by atoms with van der Waals surface area (Å²) in [4.78, 5) is 27.7. The van der Waals surface area contributed by atoms with Crippen molar-refractivity contribution < 1.29 is 47.1 Å². The SMILES string of the molecule is NCCOCCOCCOCCOCCOCCOCCOCCOCCC(=O)N1CCC(Cn2nc(-c3ccc4oc(N)nc4c3)c3c(N)ncnc32)C1. The fraction of sp³-hybridized carbons (Fsp3) is 0.639. The van der Waals surface area contributed by atoms with Gasteiger partial charge in [0, 0.05) is 31.7 Å². The Balaban J connectivity index is 0.846. The standard InChI is InChI=1S/C36H55N9O10/c37-5-8-48-10-12-50-14-16-52-18-20-54-22-21-53-19-17-51-15-13-49-11-9-47-7-4-31(46)44-6-3-27(24-44)25-45-35-32(34(38)40-26-41-35)33(43-45)28-1-2-30-29(23-28)42-36(39)55-30/h1-2,23,26-27H,3-22,24-25,37H2,(H2,39,42)(H2,38,40,41). The van der Waals surface area contributed by atoms with E-state index in [1.54, 1.807) is 6.07 Å². The fourth-order valence-electron chi connectivity index (χ4n) is 5.95. The maximum atomic E-state index is 12.9. The molecular weight excluding hydrogens is 718 g/mol. The normalized spacial score (nSPS) is 14.6. The minimum Gasteiger partial charge on any atom is -0.424 e. The number of hydrogen-bond acceptors (Lipinski definition) is 17. The Morgan fingerprint density at radius 1 is 0.764 bits per heavy atom. The van der Waals surface area contributed by atoms with Gasteiger partial charge in [-0.1, -0.05) is 0 Å². The van der Waals surface area contributed by atoms with Crippen molar-refractivity contribution in [2.75, 3.05) is 137 Å². The largest absolute Gasteiger partial charge is 0.424 e. The smallest absolute Gasteiger partial charge is 0.292 e. The first kappa shape index (κ1) is 42.1. The second kappa shape index (κ2) is 23.8. The number of hydrogen-bond donors (Lipinski definition) is 3. The highest BCUT2D eigenvalue weighted by molar-refractivity contribution is 5.99. The van der Waals surface area contributed by atoms with Gasteiger partial charge >= 0.3 is 0 Å². The number of anilines is 2. The first-order valence-corrected chi connectivity index (χ1v) is 18.8. The summed E-state index contributed by atoms with van der Waals surface area (Å²) in [5.74, 6) is 0.610. The molecule has 0 aliphatic carbocycles. The number of ether oxygens (including phenoxy) is 8. The lowest BCUT2D eigenvalue weighted by atomic mass is 10.1. The van der Waals surface area contributed by atoms with Gasteiger partial charge in [-0.15, -0.1) is 0 Å². The summed E-state index contributed by atoms with van der Waals surface area (Å²) in [7, 11) is 0. The number of aromatic nitrogens is 5. The monoisotopic (exact) mass is 773 g/mol. The number of nitrogens with two attached hydrogens (primary N) is 3. The molecule has 1 aromatic carbocycles. The first-order valence-electron chi connectivity index (χ1n) is 18.8. The molecule has 5 rings (SSSR count). The summed E-state index contributed by atoms with van der Waals surface area (Å²) < 4.78 is 51.0. The quantitative estimate of drug-likeness (QED) is 0.0655. The molecule has 6 N–H and O–H groups in total. The van der Waals surface area contributed by atoms with Crippen LogP contribution in [0.4, 0.5) is 11.8 Å². The molecule has 1 aliphatic heterocycles. The molecule has 1 unspecified atom stereocenters. The first-order chi connectivity index (χ1) is 27.0. The van der Waals surface area contributed by atoms with E-state index >= 15 is 0 Å². The van der Waals surface area contributed by atoms with Crippen LogP contribution >= 0.6 is 0 Å². The number of nitrogens with zero attached hydrogens (tertiary/aromatic N) is 6. The van der Waals surface area contributed by atoms with Gasteiger partial charge in [-0.25, -0.2) is 14.6 Å². The Kier molecular flexibility index (Phi) is 18.2. The third-order valence-corrected chi connectivity index (χ3v) is 8.63. The lowest BCUT2D eigenvalue weighted by Crippen LogP contribution is -2.30. The van der Waals surface area contributed by atoms with Gasteiger partial charge in [-0.2, -0.15) is 10.1 Å². The van der Waals surface area contributed by atoms with Crippen LogP contribution in [0, 0.1) is 5.92 Å². The summed E-state index contributed by atoms with van der Waals surface area (Å²) in [5.41, 5.74) is 20.7. The maximum Gasteiger partial charge on any atom is 0.292 e. The molecule has 4 heterocycles. The van der Waals surface area contributed by atoms with E-state index in [4.69, 9.17) is 64.6 Å². The van der Waals surface area contributed by atoms with Crippen LogP contribution < -0.4 is 17.2 Å². The molecule has 304 valence electrons. The molecule has 1 saturated heterocycles. The lowest BCUT2D eigenvalue weighted by Gasteiger charge is -2.17. The van der Waals surface area contributed by atoms with Crippen molar-refractivity contribution in [2.45, 2.75) is 19.4 Å². The number of carbonyl (C=O) groups is 1. The Bertz CT molecular complexity index is 1710. The highest BCUT2D eigenvalue weighted by Gasteiger charge is 2.28. The maximum absolute atomic E-state index is 12.9. The van der Waals surface area contributed by atoms with Gasteiger partial charge in [-0.05, 0) is 30.5 Å². The average molecular weight is 774 g/mol. The third kappa shape index (κ3) is 13.9. The van der Waals surface area contributed by atoms with Crippen LogP contribution in [0.15, 0.2) is 28.9 Å². The van der Waals surface area contributed by atoms with Crippen LogP contribution in [0.3, 0.4) is 0 Å². The predicted octanol–water partition coefficient (Wildman–Crippen LogP) is 1.13. The number of fused-ring (bicyclic) bond motifs is 2. The second-order valence-corrected chi connectivity index (χ2v) is 12.7. The van der Waals surface area contributed by atoms with Gasteiger partial charge < -0.3 is 64.4 Å². The molecule has 0 saturated carbocycles. The van der Waals surface area contributed by atoms with Crippen LogP contribution in [0.5, 0.6) is 0 Å². The van der Waals surface area contributed by atoms with Crippen molar-refractivity contribution in [1.82, 2.24) is 29.6 Å². The minimum absolute atomic E-state index is 0.0656. The summed E-state index contributed by atoms with van der Waals surface area (Å²) in [6.45, 7) is 10.0. The highest BCUT2D eigenvalue weighted by Crippen LogP contribution is 2.33. The van der Waals surface area contributed by atoms with Crippen LogP contribution in [-0.4, -0.2) is 161 Å². The summed E-state index contributed by atoms with van der Waals surface area (Å²) in [6.07, 6.45) is 2.60. The van der Waals surface area contributed by atoms with Crippen molar-refractivity contribution in [2.24, 2.45) is 11.7 Å². The van der Waals surface area contributed by atoms with E-state index in [0.717, 1.165) is 12.0 Å². The Morgan fingerprint density at radius 3 is 1.91 bits per heavy atom. The molecule has 0 radical (unpaired) electrons. The van der Waals surface area contributed by atoms with Crippen molar-refractivity contribution in [3.63, 3.8) is 0 Å². The number of oxazole rings is 1. The van der Waals surface area contributed by atoms with Gasteiger partial charge in [0.05, 0.1) is 118 Å². The average Bonchev–Trinajstić information content (AvgIpc) is 3.91. The van der Waals surface area contributed by atoms with Gasteiger partial charge in [0.25, 0.3) is 6.01 Å². The van der Waals surface area contributed by atoms with Gasteiger partial charge in [0.1, 0.15) is 23.4 Å². The Labute approximate surface area is 320 Å². The van der Waals surface area contributed by atoms with E-state index < -0.39 is 0 Å². The van der Waals surface area contributed by atoms with Crippen LogP contribution in [0.2, 0.25) is 0 Å². The molecular formula is C36H55N9O10. The van der Waals surface area contributed by atoms with E-state index in [1.807, 2.05) is 21.7 Å². The molecule has 4 aromatic rings. The fourth-order valence-corrected chi connectivity index (χ4v) is 5.95. The molecule has 1 atom stereocenters. The summed E-state index contributed by atoms with van der Waals surface area (Å²) in [6, 6.07) is 5.63. The molecule has 1 aliphatic rings. The van der Waals surface area contributed by atoms with Crippen LogP contribution in [0.1, 0.15) is 12.8 Å². The van der Waals surface area contributed by atoms with Crippen LogP contribution in [-0.2, 0) is 49.2 Å². The van der Waals surface area contributed by atoms with Crippen molar-refractivity contribution in [3.8, 4) is 11.3 Å².